The molecule has 0 aliphatic carbocycles. The average Bonchev–Trinajstić information content (AvgIpc) is 3.40. The Bertz CT molecular complexity index is 1860. The Morgan fingerprint density at radius 1 is 0.311 bits per heavy atom. The van der Waals surface area contributed by atoms with Crippen LogP contribution in [0.1, 0.15) is 86.5 Å². The van der Waals surface area contributed by atoms with Crippen LogP contribution in [0.3, 0.4) is 0 Å². The van der Waals surface area contributed by atoms with Crippen LogP contribution in [-0.2, 0) is 26.2 Å². The Hall–Kier alpha value is -6.20. The van der Waals surface area contributed by atoms with Crippen molar-refractivity contribution in [3.05, 3.63) is 144 Å². The molecule has 0 radical (unpaired) electrons. The zero-order valence-electron chi connectivity index (χ0n) is 43.6. The first-order valence-electron chi connectivity index (χ1n) is 26.9. The van der Waals surface area contributed by atoms with E-state index in [1.54, 1.807) is 0 Å². The van der Waals surface area contributed by atoms with Gasteiger partial charge in [0.15, 0.2) is 0 Å². The minimum absolute atomic E-state index is 0.288. The summed E-state index contributed by atoms with van der Waals surface area (Å²) in [5, 5.41) is 48.5. The molecule has 16 nitrogen and oxygen atoms in total. The molecule has 5 rings (SSSR count). The van der Waals surface area contributed by atoms with Gasteiger partial charge in [0.05, 0.1) is 0 Å². The first-order valence-corrected chi connectivity index (χ1v) is 26.9. The lowest BCUT2D eigenvalue weighted by Gasteiger charge is -2.33. The quantitative estimate of drug-likeness (QED) is 0.0728. The second-order valence-corrected chi connectivity index (χ2v) is 19.6. The molecule has 4 aromatic rings. The SMILES string of the molecule is O=C([O-])N(CCCCN1CCCN(CCCCN(Cc2ccccc2)C(=O)[O-])CCN(CCCCN(Cc2ccccc2)C(=O)[O-])CCCN(CCCCN(Cc2ccccc2)C(=O)[O-])CC1)Cc1ccccc1. The van der Waals surface area contributed by atoms with Gasteiger partial charge in [-0.15, -0.1) is 0 Å². The normalized spacial score (nSPS) is 14.7. The molecular weight excluding hydrogens is 937 g/mol. The van der Waals surface area contributed by atoms with Crippen LogP contribution in [0.25, 0.3) is 0 Å². The molecule has 1 aliphatic heterocycles. The number of nitrogens with zero attached hydrogens (tertiary/aromatic N) is 8. The van der Waals surface area contributed by atoms with Crippen LogP contribution in [0.15, 0.2) is 121 Å². The monoisotopic (exact) mass is 1020 g/mol. The standard InChI is InChI=1S/C58H84N8O8/c67-55(68)63(47-51-23-5-1-6-24-51)39-17-13-31-59-35-21-36-61(33-15-19-41-65(57(71)72)49-53-27-9-3-10-28-53)45-46-62(34-16-20-42-66(58(73)74)50-54-29-11-4-12-30-54)38-22-37-60(44-43-59)32-14-18-40-64(56(69)70)48-52-25-7-2-8-26-52/h1-12,23-30H,13-22,31-50H2,(H,67,68)(H,69,70)(H,71,72)(H,73,74)/p-4. The molecule has 0 unspecified atom stereocenters. The molecule has 74 heavy (non-hydrogen) atoms. The maximum absolute atomic E-state index is 12.1. The van der Waals surface area contributed by atoms with Gasteiger partial charge in [-0.1, -0.05) is 121 Å². The predicted molar refractivity (Wildman–Crippen MR) is 281 cm³/mol. The largest absolute Gasteiger partial charge is 0.530 e. The smallest absolute Gasteiger partial charge is 0.137 e. The van der Waals surface area contributed by atoms with Gasteiger partial charge in [0.2, 0.25) is 0 Å². The Labute approximate surface area is 440 Å². The topological polar surface area (TPSA) is 186 Å². The van der Waals surface area contributed by atoms with Crippen LogP contribution < -0.4 is 20.4 Å². The lowest BCUT2D eigenvalue weighted by molar-refractivity contribution is -0.267. The maximum Gasteiger partial charge on any atom is 0.137 e. The van der Waals surface area contributed by atoms with Crippen LogP contribution >= 0.6 is 0 Å². The summed E-state index contributed by atoms with van der Waals surface area (Å²) in [5.74, 6) is 0. The molecule has 404 valence electrons. The molecule has 1 saturated heterocycles. The Morgan fingerprint density at radius 3 is 0.703 bits per heavy atom. The number of carbonyl (C=O) groups is 4. The summed E-state index contributed by atoms with van der Waals surface area (Å²) in [4.78, 5) is 64.0. The highest BCUT2D eigenvalue weighted by Gasteiger charge is 2.17. The number of rotatable bonds is 28. The second-order valence-electron chi connectivity index (χ2n) is 19.6. The molecular formula is C58H80N8O8-4. The number of unbranched alkanes of at least 4 members (excludes halogenated alkanes) is 4. The average molecular weight is 1020 g/mol. The van der Waals surface area contributed by atoms with Crippen LogP contribution in [0, 0.1) is 0 Å². The van der Waals surface area contributed by atoms with E-state index in [1.807, 2.05) is 121 Å². The van der Waals surface area contributed by atoms with Gasteiger partial charge in [0, 0.05) is 78.5 Å². The van der Waals surface area contributed by atoms with Crippen molar-refractivity contribution in [2.24, 2.45) is 0 Å². The number of hydrogen-bond donors (Lipinski definition) is 0. The molecule has 0 bridgehead atoms. The zero-order valence-corrected chi connectivity index (χ0v) is 43.6. The third-order valence-electron chi connectivity index (χ3n) is 13.9. The van der Waals surface area contributed by atoms with Gasteiger partial charge in [-0.3, -0.25) is 0 Å². The van der Waals surface area contributed by atoms with Crippen molar-refractivity contribution >= 4 is 24.4 Å². The summed E-state index contributed by atoms with van der Waals surface area (Å²) in [6, 6.07) is 38.3. The van der Waals surface area contributed by atoms with Crippen molar-refractivity contribution in [2.45, 2.75) is 90.4 Å². The molecule has 0 saturated carbocycles. The molecule has 1 fully saturated rings. The number of carbonyl (C=O) groups excluding carboxylic acids is 4. The van der Waals surface area contributed by atoms with Crippen LogP contribution in [0.4, 0.5) is 19.2 Å². The third kappa shape index (κ3) is 23.8. The van der Waals surface area contributed by atoms with Gasteiger partial charge >= 0.3 is 0 Å². The van der Waals surface area contributed by atoms with Crippen molar-refractivity contribution in [1.29, 1.82) is 0 Å². The third-order valence-corrected chi connectivity index (χ3v) is 13.9. The Balaban J connectivity index is 1.24. The van der Waals surface area contributed by atoms with E-state index in [2.05, 4.69) is 19.6 Å². The van der Waals surface area contributed by atoms with E-state index in [0.29, 0.717) is 51.9 Å². The minimum Gasteiger partial charge on any atom is -0.530 e. The van der Waals surface area contributed by atoms with E-state index in [1.165, 1.54) is 19.6 Å². The van der Waals surface area contributed by atoms with Crippen molar-refractivity contribution in [2.75, 3.05) is 105 Å². The van der Waals surface area contributed by atoms with Gasteiger partial charge in [0.1, 0.15) is 24.4 Å². The van der Waals surface area contributed by atoms with Crippen molar-refractivity contribution in [1.82, 2.24) is 39.2 Å². The van der Waals surface area contributed by atoms with E-state index in [-0.39, 0.29) is 26.2 Å². The summed E-state index contributed by atoms with van der Waals surface area (Å²) in [6.45, 7) is 12.7. The summed E-state index contributed by atoms with van der Waals surface area (Å²) >= 11 is 0. The lowest BCUT2D eigenvalue weighted by atomic mass is 10.2. The van der Waals surface area contributed by atoms with Gasteiger partial charge in [-0.05, 0) is 139 Å². The lowest BCUT2D eigenvalue weighted by Crippen LogP contribution is -2.43. The molecule has 0 atom stereocenters. The summed E-state index contributed by atoms with van der Waals surface area (Å²) in [6.07, 6.45) is 3.23. The molecule has 0 spiro atoms. The van der Waals surface area contributed by atoms with Crippen molar-refractivity contribution in [3.8, 4) is 0 Å². The fourth-order valence-corrected chi connectivity index (χ4v) is 9.65. The minimum atomic E-state index is -1.17. The molecule has 4 amide bonds. The van der Waals surface area contributed by atoms with E-state index in [4.69, 9.17) is 0 Å². The predicted octanol–water partition coefficient (Wildman–Crippen LogP) is 4.49. The highest BCUT2D eigenvalue weighted by atomic mass is 16.4. The van der Waals surface area contributed by atoms with Crippen molar-refractivity contribution < 1.29 is 39.6 Å². The Morgan fingerprint density at radius 2 is 0.514 bits per heavy atom. The van der Waals surface area contributed by atoms with Gasteiger partial charge < -0.3 is 78.8 Å². The molecule has 16 heteroatoms. The van der Waals surface area contributed by atoms with Crippen molar-refractivity contribution in [3.63, 3.8) is 0 Å². The highest BCUT2D eigenvalue weighted by Crippen LogP contribution is 2.13. The first kappa shape index (κ1) is 58.7. The van der Waals surface area contributed by atoms with Crippen LogP contribution in [0.5, 0.6) is 0 Å². The first-order chi connectivity index (χ1) is 36.0. The van der Waals surface area contributed by atoms with E-state index >= 15 is 0 Å². The Kier molecular flexibility index (Phi) is 27.2. The number of carboxylic acid groups (broad SMARTS) is 4. The van der Waals surface area contributed by atoms with Gasteiger partial charge in [-0.2, -0.15) is 0 Å². The molecule has 4 aromatic carbocycles. The fraction of sp³-hybridized carbons (Fsp3) is 0.517. The molecule has 0 aromatic heterocycles. The maximum atomic E-state index is 12.1. The van der Waals surface area contributed by atoms with E-state index in [9.17, 15) is 39.6 Å². The molecule has 1 heterocycles. The summed E-state index contributed by atoms with van der Waals surface area (Å²) in [5.41, 5.74) is 3.69. The number of amides is 4. The summed E-state index contributed by atoms with van der Waals surface area (Å²) in [7, 11) is 0. The zero-order chi connectivity index (χ0) is 52.6. The fourth-order valence-electron chi connectivity index (χ4n) is 9.65. The second kappa shape index (κ2) is 34.3. The number of benzene rings is 4. The highest BCUT2D eigenvalue weighted by molar-refractivity contribution is 5.63. The molecule has 1 aliphatic rings. The molecule has 0 N–H and O–H groups in total. The van der Waals surface area contributed by atoms with Crippen LogP contribution in [-0.4, -0.2) is 168 Å². The van der Waals surface area contributed by atoms with E-state index in [0.717, 1.165) is 139 Å². The summed E-state index contributed by atoms with van der Waals surface area (Å²) < 4.78 is 0. The van der Waals surface area contributed by atoms with Gasteiger partial charge in [-0.25, -0.2) is 0 Å². The van der Waals surface area contributed by atoms with E-state index < -0.39 is 24.4 Å². The van der Waals surface area contributed by atoms with Crippen LogP contribution in [0.2, 0.25) is 0 Å². The van der Waals surface area contributed by atoms with Gasteiger partial charge in [0.25, 0.3) is 0 Å². The number of hydrogen-bond acceptors (Lipinski definition) is 12.